The minimum Gasteiger partial charge on any atom is -0.478 e. The average Bonchev–Trinajstić information content (AvgIpc) is 2.88. The van der Waals surface area contributed by atoms with Crippen molar-refractivity contribution in [2.75, 3.05) is 5.32 Å². The molecule has 0 bridgehead atoms. The van der Waals surface area contributed by atoms with Gasteiger partial charge in [0.1, 0.15) is 0 Å². The van der Waals surface area contributed by atoms with Gasteiger partial charge in [0, 0.05) is 17.1 Å². The molecule has 0 aliphatic carbocycles. The van der Waals surface area contributed by atoms with Gasteiger partial charge in [0.25, 0.3) is 0 Å². The summed E-state index contributed by atoms with van der Waals surface area (Å²) in [6.07, 6.45) is -4.70. The first-order chi connectivity index (χ1) is 9.38. The number of hydrogen-bond donors (Lipinski definition) is 2. The Bertz CT molecular complexity index is 609. The number of halogens is 3. The van der Waals surface area contributed by atoms with Crippen LogP contribution in [-0.4, -0.2) is 11.1 Å². The fourth-order valence-corrected chi connectivity index (χ4v) is 2.32. The van der Waals surface area contributed by atoms with Crippen molar-refractivity contribution in [3.8, 4) is 0 Å². The maximum absolute atomic E-state index is 12.8. The van der Waals surface area contributed by atoms with Crippen LogP contribution in [0.5, 0.6) is 0 Å². The van der Waals surface area contributed by atoms with Gasteiger partial charge in [-0.05, 0) is 29.6 Å². The van der Waals surface area contributed by atoms with Crippen LogP contribution in [-0.2, 0) is 12.7 Å². The van der Waals surface area contributed by atoms with E-state index in [1.807, 2.05) is 17.5 Å². The lowest BCUT2D eigenvalue weighted by molar-refractivity contribution is -0.138. The fraction of sp³-hybridized carbons (Fsp3) is 0.154. The molecule has 0 amide bonds. The Balaban J connectivity index is 2.25. The van der Waals surface area contributed by atoms with Gasteiger partial charge < -0.3 is 10.4 Å². The van der Waals surface area contributed by atoms with E-state index in [4.69, 9.17) is 5.11 Å². The molecule has 0 unspecified atom stereocenters. The third-order valence-electron chi connectivity index (χ3n) is 2.60. The van der Waals surface area contributed by atoms with E-state index >= 15 is 0 Å². The quantitative estimate of drug-likeness (QED) is 0.894. The molecule has 1 aromatic carbocycles. The van der Waals surface area contributed by atoms with E-state index in [1.54, 1.807) is 0 Å². The molecule has 106 valence electrons. The number of thiophene rings is 1. The first kappa shape index (κ1) is 14.4. The summed E-state index contributed by atoms with van der Waals surface area (Å²) in [5.74, 6) is -1.60. The SMILES string of the molecule is O=C(O)c1ccc(NCc2cccs2)cc1C(F)(F)F. The highest BCUT2D eigenvalue weighted by Gasteiger charge is 2.35. The number of carboxylic acid groups (broad SMARTS) is 1. The largest absolute Gasteiger partial charge is 0.478 e. The van der Waals surface area contributed by atoms with Crippen LogP contribution in [0.1, 0.15) is 20.8 Å². The first-order valence-electron chi connectivity index (χ1n) is 5.58. The summed E-state index contributed by atoms with van der Waals surface area (Å²) in [6.45, 7) is 0.390. The van der Waals surface area contributed by atoms with Crippen LogP contribution in [0.2, 0.25) is 0 Å². The number of rotatable bonds is 4. The zero-order valence-corrected chi connectivity index (χ0v) is 10.9. The summed E-state index contributed by atoms with van der Waals surface area (Å²) < 4.78 is 38.4. The molecule has 0 atom stereocenters. The Morgan fingerprint density at radius 3 is 2.60 bits per heavy atom. The molecule has 0 radical (unpaired) electrons. The molecule has 1 heterocycles. The number of benzene rings is 1. The van der Waals surface area contributed by atoms with Crippen molar-refractivity contribution >= 4 is 23.0 Å². The Morgan fingerprint density at radius 1 is 1.30 bits per heavy atom. The minimum absolute atomic E-state index is 0.232. The molecule has 7 heteroatoms. The van der Waals surface area contributed by atoms with Gasteiger partial charge in [-0.3, -0.25) is 0 Å². The van der Waals surface area contributed by atoms with E-state index in [9.17, 15) is 18.0 Å². The highest BCUT2D eigenvalue weighted by atomic mass is 32.1. The molecule has 0 aliphatic heterocycles. The van der Waals surface area contributed by atoms with Crippen molar-refractivity contribution in [2.24, 2.45) is 0 Å². The molecule has 2 aromatic rings. The molecule has 2 N–H and O–H groups in total. The maximum Gasteiger partial charge on any atom is 0.417 e. The normalized spacial score (nSPS) is 11.3. The number of aromatic carboxylic acids is 1. The lowest BCUT2D eigenvalue weighted by Crippen LogP contribution is -2.13. The topological polar surface area (TPSA) is 49.3 Å². The monoisotopic (exact) mass is 301 g/mol. The van der Waals surface area contributed by atoms with E-state index in [1.165, 1.54) is 17.4 Å². The maximum atomic E-state index is 12.8. The van der Waals surface area contributed by atoms with Gasteiger partial charge in [-0.1, -0.05) is 6.07 Å². The van der Waals surface area contributed by atoms with Crippen molar-refractivity contribution in [2.45, 2.75) is 12.7 Å². The van der Waals surface area contributed by atoms with E-state index in [0.29, 0.717) is 6.54 Å². The summed E-state index contributed by atoms with van der Waals surface area (Å²) in [6, 6.07) is 6.80. The number of carbonyl (C=O) groups is 1. The van der Waals surface area contributed by atoms with Gasteiger partial charge in [-0.15, -0.1) is 11.3 Å². The fourth-order valence-electron chi connectivity index (χ4n) is 1.68. The van der Waals surface area contributed by atoms with Crippen molar-refractivity contribution < 1.29 is 23.1 Å². The smallest absolute Gasteiger partial charge is 0.417 e. The number of carboxylic acids is 1. The van der Waals surface area contributed by atoms with Crippen LogP contribution >= 0.6 is 11.3 Å². The summed E-state index contributed by atoms with van der Waals surface area (Å²) in [7, 11) is 0. The van der Waals surface area contributed by atoms with Crippen LogP contribution in [0.3, 0.4) is 0 Å². The van der Waals surface area contributed by atoms with Crippen LogP contribution in [0, 0.1) is 0 Å². The van der Waals surface area contributed by atoms with E-state index < -0.39 is 23.3 Å². The van der Waals surface area contributed by atoms with Crippen LogP contribution in [0.4, 0.5) is 18.9 Å². The van der Waals surface area contributed by atoms with Crippen molar-refractivity contribution in [3.05, 3.63) is 51.7 Å². The van der Waals surface area contributed by atoms with Crippen molar-refractivity contribution in [1.82, 2.24) is 0 Å². The molecule has 20 heavy (non-hydrogen) atoms. The Morgan fingerprint density at radius 2 is 2.05 bits per heavy atom. The Hall–Kier alpha value is -2.02. The van der Waals surface area contributed by atoms with E-state index in [2.05, 4.69) is 5.32 Å². The summed E-state index contributed by atoms with van der Waals surface area (Å²) in [5.41, 5.74) is -1.67. The van der Waals surface area contributed by atoms with Crippen molar-refractivity contribution in [1.29, 1.82) is 0 Å². The van der Waals surface area contributed by atoms with Gasteiger partial charge in [-0.2, -0.15) is 13.2 Å². The van der Waals surface area contributed by atoms with Gasteiger partial charge in [0.05, 0.1) is 11.1 Å². The second kappa shape index (κ2) is 5.54. The predicted molar refractivity (Wildman–Crippen MR) is 70.0 cm³/mol. The molecule has 0 saturated heterocycles. The molecule has 0 aliphatic rings. The average molecular weight is 301 g/mol. The van der Waals surface area contributed by atoms with Gasteiger partial charge in [0.15, 0.2) is 0 Å². The summed E-state index contributed by atoms with van der Waals surface area (Å²) in [5, 5.41) is 13.5. The number of alkyl halides is 3. The number of nitrogens with one attached hydrogen (secondary N) is 1. The number of anilines is 1. The second-order valence-corrected chi connectivity index (χ2v) is 5.03. The lowest BCUT2D eigenvalue weighted by Gasteiger charge is -2.13. The molecular formula is C13H10F3NO2S. The second-order valence-electron chi connectivity index (χ2n) is 4.00. The van der Waals surface area contributed by atoms with E-state index in [-0.39, 0.29) is 5.69 Å². The Labute approximate surface area is 116 Å². The molecular weight excluding hydrogens is 291 g/mol. The lowest BCUT2D eigenvalue weighted by atomic mass is 10.1. The molecule has 0 spiro atoms. The van der Waals surface area contributed by atoms with Crippen LogP contribution in [0.25, 0.3) is 0 Å². The van der Waals surface area contributed by atoms with Crippen LogP contribution in [0.15, 0.2) is 35.7 Å². The summed E-state index contributed by atoms with van der Waals surface area (Å²) >= 11 is 1.48. The highest BCUT2D eigenvalue weighted by Crippen LogP contribution is 2.34. The summed E-state index contributed by atoms with van der Waals surface area (Å²) in [4.78, 5) is 11.8. The third-order valence-corrected chi connectivity index (χ3v) is 3.48. The highest BCUT2D eigenvalue weighted by molar-refractivity contribution is 7.09. The van der Waals surface area contributed by atoms with Crippen molar-refractivity contribution in [3.63, 3.8) is 0 Å². The van der Waals surface area contributed by atoms with Gasteiger partial charge >= 0.3 is 12.1 Å². The molecule has 0 saturated carbocycles. The minimum atomic E-state index is -4.70. The zero-order valence-electron chi connectivity index (χ0n) is 10.1. The first-order valence-corrected chi connectivity index (χ1v) is 6.46. The number of hydrogen-bond acceptors (Lipinski definition) is 3. The van der Waals surface area contributed by atoms with Crippen LogP contribution < -0.4 is 5.32 Å². The molecule has 1 aromatic heterocycles. The standard InChI is InChI=1S/C13H10F3NO2S/c14-13(15,16)11-6-8(3-4-10(11)12(18)19)17-7-9-2-1-5-20-9/h1-6,17H,7H2,(H,18,19). The molecule has 0 fully saturated rings. The van der Waals surface area contributed by atoms with Gasteiger partial charge in [-0.25, -0.2) is 4.79 Å². The third kappa shape index (κ3) is 3.30. The molecule has 3 nitrogen and oxygen atoms in total. The van der Waals surface area contributed by atoms with E-state index in [0.717, 1.165) is 17.0 Å². The van der Waals surface area contributed by atoms with Gasteiger partial charge in [0.2, 0.25) is 0 Å². The molecule has 2 rings (SSSR count). The zero-order chi connectivity index (χ0) is 14.8. The predicted octanol–water partition coefficient (Wildman–Crippen LogP) is 4.08. The Kier molecular flexibility index (Phi) is 3.99.